The molecule has 0 bridgehead atoms. The maximum absolute atomic E-state index is 13.4. The van der Waals surface area contributed by atoms with Crippen molar-refractivity contribution in [2.45, 2.75) is 32.6 Å². The van der Waals surface area contributed by atoms with E-state index in [9.17, 15) is 4.39 Å². The largest absolute Gasteiger partial charge is 0.280 e. The lowest BCUT2D eigenvalue weighted by atomic mass is 10.0. The topological polar surface area (TPSA) is 6.48 Å². The van der Waals surface area contributed by atoms with Gasteiger partial charge < -0.3 is 0 Å². The van der Waals surface area contributed by atoms with Gasteiger partial charge in [-0.05, 0) is 54.3 Å². The Balaban J connectivity index is 1.63. The van der Waals surface area contributed by atoms with Gasteiger partial charge in [0, 0.05) is 30.7 Å². The predicted octanol–water partition coefficient (Wildman–Crippen LogP) is 6.30. The van der Waals surface area contributed by atoms with Crippen molar-refractivity contribution in [2.24, 2.45) is 0 Å². The Kier molecular flexibility index (Phi) is 6.43. The summed E-state index contributed by atoms with van der Waals surface area (Å²) in [6.07, 6.45) is 1.31. The van der Waals surface area contributed by atoms with Gasteiger partial charge in [-0.15, -0.1) is 0 Å². The Labute approximate surface area is 181 Å². The molecule has 4 rings (SSSR count). The molecule has 0 aromatic heterocycles. The van der Waals surface area contributed by atoms with Crippen LogP contribution >= 0.6 is 15.9 Å². The molecular formula is C25H26BrFN2. The lowest BCUT2D eigenvalue weighted by Gasteiger charge is -2.44. The average Bonchev–Trinajstić information content (AvgIpc) is 2.72. The molecule has 2 nitrogen and oxygen atoms in total. The minimum atomic E-state index is -0.183. The number of rotatable bonds is 5. The summed E-state index contributed by atoms with van der Waals surface area (Å²) in [6.45, 7) is 5.93. The second-order valence-electron chi connectivity index (χ2n) is 7.84. The first-order valence-electron chi connectivity index (χ1n) is 10.1. The van der Waals surface area contributed by atoms with E-state index < -0.39 is 0 Å². The van der Waals surface area contributed by atoms with Gasteiger partial charge >= 0.3 is 0 Å². The lowest BCUT2D eigenvalue weighted by Crippen LogP contribution is -2.46. The molecule has 29 heavy (non-hydrogen) atoms. The molecule has 1 heterocycles. The molecule has 1 aliphatic rings. The minimum Gasteiger partial charge on any atom is -0.280 e. The first-order chi connectivity index (χ1) is 14.1. The lowest BCUT2D eigenvalue weighted by molar-refractivity contribution is -0.00913. The molecule has 4 heteroatoms. The third-order valence-electron chi connectivity index (χ3n) is 5.53. The summed E-state index contributed by atoms with van der Waals surface area (Å²) >= 11 is 3.64. The SMILES string of the molecule is Cc1ccc(CN2CCCN(Cc3ccc(F)cc3)[C@@H]2c2cccc(Br)c2)cc1. The van der Waals surface area contributed by atoms with Crippen molar-refractivity contribution in [3.63, 3.8) is 0 Å². The summed E-state index contributed by atoms with van der Waals surface area (Å²) < 4.78 is 14.5. The van der Waals surface area contributed by atoms with E-state index in [1.165, 1.54) is 16.7 Å². The van der Waals surface area contributed by atoms with Crippen molar-refractivity contribution < 1.29 is 4.39 Å². The van der Waals surface area contributed by atoms with Crippen LogP contribution in [0.25, 0.3) is 0 Å². The van der Waals surface area contributed by atoms with Crippen LogP contribution in [0.2, 0.25) is 0 Å². The number of hydrogen-bond donors (Lipinski definition) is 0. The van der Waals surface area contributed by atoms with Crippen molar-refractivity contribution in [3.05, 3.63) is 105 Å². The van der Waals surface area contributed by atoms with Crippen LogP contribution in [0.3, 0.4) is 0 Å². The maximum Gasteiger partial charge on any atom is 0.123 e. The van der Waals surface area contributed by atoms with Gasteiger partial charge in [0.15, 0.2) is 0 Å². The quantitative estimate of drug-likeness (QED) is 0.447. The highest BCUT2D eigenvalue weighted by Crippen LogP contribution is 2.33. The fraction of sp³-hybridized carbons (Fsp3) is 0.280. The summed E-state index contributed by atoms with van der Waals surface area (Å²) in [6, 6.07) is 24.3. The van der Waals surface area contributed by atoms with Crippen LogP contribution in [0, 0.1) is 12.7 Å². The fourth-order valence-electron chi connectivity index (χ4n) is 4.12. The van der Waals surface area contributed by atoms with Crippen LogP contribution in [0.1, 0.15) is 34.8 Å². The zero-order valence-electron chi connectivity index (χ0n) is 16.7. The molecule has 0 unspecified atom stereocenters. The molecule has 1 saturated heterocycles. The van der Waals surface area contributed by atoms with E-state index in [0.717, 1.165) is 42.6 Å². The molecule has 3 aromatic rings. The molecule has 1 aliphatic heterocycles. The van der Waals surface area contributed by atoms with Crippen molar-refractivity contribution in [3.8, 4) is 0 Å². The monoisotopic (exact) mass is 452 g/mol. The summed E-state index contributed by atoms with van der Waals surface area (Å²) in [5, 5.41) is 0. The van der Waals surface area contributed by atoms with Gasteiger partial charge in [0.2, 0.25) is 0 Å². The van der Waals surface area contributed by atoms with Gasteiger partial charge in [0.25, 0.3) is 0 Å². The molecule has 0 spiro atoms. The van der Waals surface area contributed by atoms with Crippen LogP contribution in [0.15, 0.2) is 77.3 Å². The van der Waals surface area contributed by atoms with E-state index in [1.807, 2.05) is 12.1 Å². The Hall–Kier alpha value is -2.01. The van der Waals surface area contributed by atoms with Gasteiger partial charge in [-0.2, -0.15) is 0 Å². The molecule has 0 saturated carbocycles. The molecule has 1 fully saturated rings. The van der Waals surface area contributed by atoms with Gasteiger partial charge in [0.05, 0.1) is 6.17 Å². The Morgan fingerprint density at radius 2 is 1.45 bits per heavy atom. The van der Waals surface area contributed by atoms with Crippen LogP contribution in [-0.2, 0) is 13.1 Å². The fourth-order valence-corrected chi connectivity index (χ4v) is 4.54. The average molecular weight is 453 g/mol. The second-order valence-corrected chi connectivity index (χ2v) is 8.75. The normalized spacial score (nSPS) is 18.1. The smallest absolute Gasteiger partial charge is 0.123 e. The van der Waals surface area contributed by atoms with Crippen molar-refractivity contribution in [1.29, 1.82) is 0 Å². The summed E-state index contributed by atoms with van der Waals surface area (Å²) in [4.78, 5) is 5.06. The van der Waals surface area contributed by atoms with Crippen molar-refractivity contribution in [1.82, 2.24) is 9.80 Å². The molecule has 3 aromatic carbocycles. The van der Waals surface area contributed by atoms with Gasteiger partial charge in [-0.25, -0.2) is 4.39 Å². The second kappa shape index (κ2) is 9.21. The summed E-state index contributed by atoms with van der Waals surface area (Å²) in [7, 11) is 0. The Morgan fingerprint density at radius 3 is 2.03 bits per heavy atom. The molecular weight excluding hydrogens is 427 g/mol. The molecule has 0 N–H and O–H groups in total. The predicted molar refractivity (Wildman–Crippen MR) is 120 cm³/mol. The van der Waals surface area contributed by atoms with Crippen molar-refractivity contribution in [2.75, 3.05) is 13.1 Å². The highest BCUT2D eigenvalue weighted by Gasteiger charge is 2.30. The van der Waals surface area contributed by atoms with Crippen molar-refractivity contribution >= 4 is 15.9 Å². The van der Waals surface area contributed by atoms with E-state index >= 15 is 0 Å². The summed E-state index contributed by atoms with van der Waals surface area (Å²) in [5.74, 6) is -0.183. The molecule has 1 atom stereocenters. The van der Waals surface area contributed by atoms with Gasteiger partial charge in [-0.1, -0.05) is 70.0 Å². The zero-order valence-corrected chi connectivity index (χ0v) is 18.3. The third kappa shape index (κ3) is 5.13. The third-order valence-corrected chi connectivity index (χ3v) is 6.03. The number of aryl methyl sites for hydroxylation is 1. The number of halogens is 2. The number of nitrogens with zero attached hydrogens (tertiary/aromatic N) is 2. The Morgan fingerprint density at radius 1 is 0.862 bits per heavy atom. The highest BCUT2D eigenvalue weighted by atomic mass is 79.9. The highest BCUT2D eigenvalue weighted by molar-refractivity contribution is 9.10. The zero-order chi connectivity index (χ0) is 20.2. The van der Waals surface area contributed by atoms with Crippen LogP contribution < -0.4 is 0 Å². The van der Waals surface area contributed by atoms with Gasteiger partial charge in [0.1, 0.15) is 5.82 Å². The first-order valence-corrected chi connectivity index (χ1v) is 10.9. The first kappa shape index (κ1) is 20.3. The van der Waals surface area contributed by atoms with E-state index in [-0.39, 0.29) is 12.0 Å². The molecule has 0 amide bonds. The summed E-state index contributed by atoms with van der Waals surface area (Å²) in [5.41, 5.74) is 5.05. The van der Waals surface area contributed by atoms with Crippen LogP contribution in [0.4, 0.5) is 4.39 Å². The van der Waals surface area contributed by atoms with E-state index in [4.69, 9.17) is 0 Å². The number of hydrogen-bond acceptors (Lipinski definition) is 2. The van der Waals surface area contributed by atoms with E-state index in [0.29, 0.717) is 0 Å². The minimum absolute atomic E-state index is 0.183. The standard InChI is InChI=1S/C25H26BrFN2/c1-19-6-8-20(9-7-19)17-28-14-3-15-29(18-21-10-12-24(27)13-11-21)25(28)22-4-2-5-23(26)16-22/h2,4-13,16,25H,3,14-15,17-18H2,1H3/t25-/m1/s1. The van der Waals surface area contributed by atoms with Crippen LogP contribution in [-0.4, -0.2) is 22.9 Å². The number of benzene rings is 3. The molecule has 0 radical (unpaired) electrons. The molecule has 150 valence electrons. The van der Waals surface area contributed by atoms with Gasteiger partial charge in [-0.3, -0.25) is 9.80 Å². The van der Waals surface area contributed by atoms with Crippen LogP contribution in [0.5, 0.6) is 0 Å². The van der Waals surface area contributed by atoms with E-state index in [2.05, 4.69) is 81.2 Å². The maximum atomic E-state index is 13.4. The Bertz CT molecular complexity index is 884. The van der Waals surface area contributed by atoms with E-state index in [1.54, 1.807) is 12.1 Å². The molecule has 0 aliphatic carbocycles.